The molecule has 1 aromatic rings. The van der Waals surface area contributed by atoms with Gasteiger partial charge < -0.3 is 10.2 Å². The van der Waals surface area contributed by atoms with Gasteiger partial charge in [-0.05, 0) is 78.9 Å². The van der Waals surface area contributed by atoms with Crippen molar-refractivity contribution in [3.05, 3.63) is 29.1 Å². The first-order valence-corrected chi connectivity index (χ1v) is 8.20. The maximum Gasteiger partial charge on any atom is 0.130 e. The Balaban J connectivity index is 1.75. The van der Waals surface area contributed by atoms with E-state index in [-0.39, 0.29) is 29.0 Å². The van der Waals surface area contributed by atoms with Crippen LogP contribution in [-0.2, 0) is 6.42 Å². The highest BCUT2D eigenvalue weighted by molar-refractivity contribution is 5.41. The number of hydrogen-bond acceptors (Lipinski definition) is 2. The molecule has 0 saturated heterocycles. The van der Waals surface area contributed by atoms with Crippen LogP contribution >= 0.6 is 0 Å². The Morgan fingerprint density at radius 3 is 2.81 bits per heavy atom. The smallest absolute Gasteiger partial charge is 0.130 e. The van der Waals surface area contributed by atoms with Gasteiger partial charge in [0.2, 0.25) is 0 Å². The van der Waals surface area contributed by atoms with Crippen LogP contribution < -0.4 is 0 Å². The fourth-order valence-electron chi connectivity index (χ4n) is 5.62. The maximum atomic E-state index is 14.4. The molecular weight excluding hydrogens is 267 g/mol. The molecule has 0 aliphatic heterocycles. The molecule has 0 radical (unpaired) electrons. The molecule has 2 nitrogen and oxygen atoms in total. The first-order valence-electron chi connectivity index (χ1n) is 8.20. The molecule has 114 valence electrons. The van der Waals surface area contributed by atoms with E-state index >= 15 is 0 Å². The number of aliphatic hydroxyl groups is 1. The summed E-state index contributed by atoms with van der Waals surface area (Å²) in [4.78, 5) is 0. The Morgan fingerprint density at radius 1 is 1.19 bits per heavy atom. The van der Waals surface area contributed by atoms with Gasteiger partial charge >= 0.3 is 0 Å². The standard InChI is InChI=1S/C18H23FO2/c1-18-7-6-13-12(14(18)4-5-16(18)21)3-2-10-8-11(20)9-15(19)17(10)13/h8-9,12-14,16,20-21H,2-7H2,1H3/t12-,13+,14+,16+,18+/m1/s1. The first-order chi connectivity index (χ1) is 10.0. The lowest BCUT2D eigenvalue weighted by Gasteiger charge is -2.50. The molecule has 3 aliphatic carbocycles. The van der Waals surface area contributed by atoms with E-state index in [1.165, 1.54) is 6.07 Å². The van der Waals surface area contributed by atoms with Gasteiger partial charge in [-0.1, -0.05) is 6.92 Å². The number of hydrogen-bond donors (Lipinski definition) is 2. The van der Waals surface area contributed by atoms with E-state index in [4.69, 9.17) is 0 Å². The number of rotatable bonds is 0. The molecule has 0 heterocycles. The van der Waals surface area contributed by atoms with Crippen LogP contribution in [0, 0.1) is 23.1 Å². The average molecular weight is 290 g/mol. The van der Waals surface area contributed by atoms with E-state index in [0.29, 0.717) is 11.8 Å². The molecule has 3 heteroatoms. The van der Waals surface area contributed by atoms with E-state index in [0.717, 1.165) is 49.7 Å². The Kier molecular flexibility index (Phi) is 2.88. The molecule has 2 fully saturated rings. The van der Waals surface area contributed by atoms with Crippen molar-refractivity contribution < 1.29 is 14.6 Å². The summed E-state index contributed by atoms with van der Waals surface area (Å²) in [6.07, 6.45) is 5.65. The van der Waals surface area contributed by atoms with Gasteiger partial charge in [0.25, 0.3) is 0 Å². The summed E-state index contributed by atoms with van der Waals surface area (Å²) < 4.78 is 14.4. The summed E-state index contributed by atoms with van der Waals surface area (Å²) in [6.45, 7) is 2.23. The van der Waals surface area contributed by atoms with Gasteiger partial charge in [-0.25, -0.2) is 4.39 Å². The van der Waals surface area contributed by atoms with Gasteiger partial charge in [0.15, 0.2) is 0 Å². The second-order valence-electron chi connectivity index (χ2n) is 7.55. The molecule has 0 unspecified atom stereocenters. The largest absolute Gasteiger partial charge is 0.508 e. The van der Waals surface area contributed by atoms with Gasteiger partial charge in [0.05, 0.1) is 6.10 Å². The van der Waals surface area contributed by atoms with Crippen LogP contribution in [0.1, 0.15) is 56.1 Å². The number of aliphatic hydroxyl groups excluding tert-OH is 1. The van der Waals surface area contributed by atoms with E-state index in [1.54, 1.807) is 6.07 Å². The van der Waals surface area contributed by atoms with E-state index in [2.05, 4.69) is 6.92 Å². The summed E-state index contributed by atoms with van der Waals surface area (Å²) in [5.41, 5.74) is 1.88. The van der Waals surface area contributed by atoms with Gasteiger partial charge in [-0.2, -0.15) is 0 Å². The Bertz CT molecular complexity index is 585. The lowest BCUT2D eigenvalue weighted by molar-refractivity contribution is -0.0231. The normalized spacial score (nSPS) is 41.3. The molecule has 0 aromatic heterocycles. The van der Waals surface area contributed by atoms with Crippen molar-refractivity contribution in [3.8, 4) is 5.75 Å². The minimum absolute atomic E-state index is 0.0338. The summed E-state index contributed by atoms with van der Waals surface area (Å²) in [6, 6.07) is 3.00. The fourth-order valence-corrected chi connectivity index (χ4v) is 5.62. The zero-order valence-electron chi connectivity index (χ0n) is 12.5. The minimum atomic E-state index is -0.234. The number of aromatic hydroxyl groups is 1. The minimum Gasteiger partial charge on any atom is -0.508 e. The topological polar surface area (TPSA) is 40.5 Å². The highest BCUT2D eigenvalue weighted by atomic mass is 19.1. The number of fused-ring (bicyclic) bond motifs is 5. The van der Waals surface area contributed by atoms with Gasteiger partial charge in [0, 0.05) is 6.07 Å². The Labute approximate surface area is 125 Å². The molecule has 1 aromatic carbocycles. The van der Waals surface area contributed by atoms with Crippen molar-refractivity contribution in [1.82, 2.24) is 0 Å². The molecule has 5 atom stereocenters. The average Bonchev–Trinajstić information content (AvgIpc) is 2.74. The maximum absolute atomic E-state index is 14.4. The summed E-state index contributed by atoms with van der Waals surface area (Å²) in [5.74, 6) is 1.10. The third-order valence-electron chi connectivity index (χ3n) is 6.70. The number of phenols is 1. The van der Waals surface area contributed by atoms with Crippen molar-refractivity contribution in [2.75, 3.05) is 0 Å². The Morgan fingerprint density at radius 2 is 2.00 bits per heavy atom. The van der Waals surface area contributed by atoms with Crippen molar-refractivity contribution in [1.29, 1.82) is 0 Å². The Hall–Kier alpha value is -1.09. The third kappa shape index (κ3) is 1.79. The lowest BCUT2D eigenvalue weighted by atomic mass is 9.55. The monoisotopic (exact) mass is 290 g/mol. The predicted octanol–water partition coefficient (Wildman–Crippen LogP) is 3.75. The molecule has 2 saturated carbocycles. The van der Waals surface area contributed by atoms with Crippen LogP contribution in [0.15, 0.2) is 12.1 Å². The molecule has 0 spiro atoms. The van der Waals surface area contributed by atoms with Crippen LogP contribution in [0.25, 0.3) is 0 Å². The molecule has 4 rings (SSSR count). The zero-order valence-corrected chi connectivity index (χ0v) is 12.5. The quantitative estimate of drug-likeness (QED) is 0.764. The highest BCUT2D eigenvalue weighted by Gasteiger charge is 2.54. The van der Waals surface area contributed by atoms with Gasteiger partial charge in [0.1, 0.15) is 11.6 Å². The van der Waals surface area contributed by atoms with Crippen LogP contribution in [0.2, 0.25) is 0 Å². The van der Waals surface area contributed by atoms with Crippen molar-refractivity contribution >= 4 is 0 Å². The highest BCUT2D eigenvalue weighted by Crippen LogP contribution is 2.61. The van der Waals surface area contributed by atoms with E-state index in [9.17, 15) is 14.6 Å². The zero-order chi connectivity index (χ0) is 14.8. The van der Waals surface area contributed by atoms with Crippen molar-refractivity contribution in [3.63, 3.8) is 0 Å². The van der Waals surface area contributed by atoms with Crippen LogP contribution in [-0.4, -0.2) is 16.3 Å². The molecule has 0 amide bonds. The third-order valence-corrected chi connectivity index (χ3v) is 6.70. The number of aryl methyl sites for hydroxylation is 1. The number of benzene rings is 1. The van der Waals surface area contributed by atoms with Gasteiger partial charge in [-0.15, -0.1) is 0 Å². The second kappa shape index (κ2) is 4.45. The summed E-state index contributed by atoms with van der Waals surface area (Å²) in [5, 5.41) is 20.0. The molecule has 0 bridgehead atoms. The van der Waals surface area contributed by atoms with Crippen LogP contribution in [0.4, 0.5) is 4.39 Å². The van der Waals surface area contributed by atoms with Gasteiger partial charge in [-0.3, -0.25) is 0 Å². The molecule has 3 aliphatic rings. The van der Waals surface area contributed by atoms with E-state index < -0.39 is 0 Å². The SMILES string of the molecule is C[C@]12CC[C@@H]3c4c(F)cc(O)cc4CC[C@H]3[C@@H]1CC[C@@H]2O. The fraction of sp³-hybridized carbons (Fsp3) is 0.667. The van der Waals surface area contributed by atoms with Crippen LogP contribution in [0.3, 0.4) is 0 Å². The summed E-state index contributed by atoms with van der Waals surface area (Å²) in [7, 11) is 0. The number of halogens is 1. The second-order valence-corrected chi connectivity index (χ2v) is 7.55. The molecular formula is C18H23FO2. The van der Waals surface area contributed by atoms with Crippen molar-refractivity contribution in [2.24, 2.45) is 17.3 Å². The lowest BCUT2D eigenvalue weighted by Crippen LogP contribution is -2.44. The van der Waals surface area contributed by atoms with Crippen molar-refractivity contribution in [2.45, 2.75) is 57.5 Å². The molecule has 21 heavy (non-hydrogen) atoms. The first kappa shape index (κ1) is 13.6. The summed E-state index contributed by atoms with van der Waals surface area (Å²) >= 11 is 0. The number of phenolic OH excluding ortho intramolecular Hbond substituents is 1. The molecule has 2 N–H and O–H groups in total. The van der Waals surface area contributed by atoms with E-state index in [1.807, 2.05) is 0 Å². The predicted molar refractivity (Wildman–Crippen MR) is 78.7 cm³/mol. The van der Waals surface area contributed by atoms with Crippen LogP contribution in [0.5, 0.6) is 5.75 Å².